The lowest BCUT2D eigenvalue weighted by Gasteiger charge is -2.39. The van der Waals surface area contributed by atoms with E-state index in [0.717, 1.165) is 73.6 Å². The highest BCUT2D eigenvalue weighted by Gasteiger charge is 2.43. The highest BCUT2D eigenvalue weighted by Crippen LogP contribution is 2.43. The molecule has 2 aliphatic rings. The number of piperidine rings is 1. The van der Waals surface area contributed by atoms with Gasteiger partial charge in [-0.1, -0.05) is 18.2 Å². The molecule has 2 aliphatic heterocycles. The van der Waals surface area contributed by atoms with Gasteiger partial charge >= 0.3 is 0 Å². The number of aliphatic hydroxyl groups is 1. The highest BCUT2D eigenvalue weighted by molar-refractivity contribution is 5.96. The molecule has 2 N–H and O–H groups in total. The van der Waals surface area contributed by atoms with Crippen molar-refractivity contribution >= 4 is 22.9 Å². The number of carbonyl (C=O) groups is 1. The van der Waals surface area contributed by atoms with Crippen molar-refractivity contribution in [3.63, 3.8) is 0 Å². The quantitative estimate of drug-likeness (QED) is 0.130. The number of hydrogen-bond acceptors (Lipinski definition) is 11. The summed E-state index contributed by atoms with van der Waals surface area (Å²) >= 11 is 0. The number of rotatable bonds is 15. The largest absolute Gasteiger partial charge is 0.493 e. The monoisotopic (exact) mass is 753 g/mol. The number of aromatic amines is 1. The maximum absolute atomic E-state index is 14.1. The second-order valence-corrected chi connectivity index (χ2v) is 14.3. The van der Waals surface area contributed by atoms with Gasteiger partial charge in [-0.05, 0) is 86.3 Å². The minimum absolute atomic E-state index is 0.0873. The molecule has 13 heteroatoms. The maximum atomic E-state index is 14.1. The van der Waals surface area contributed by atoms with E-state index in [0.29, 0.717) is 59.7 Å². The summed E-state index contributed by atoms with van der Waals surface area (Å²) in [5.74, 6) is 4.74. The number of nitrogens with zero attached hydrogens (tertiary/aromatic N) is 4. The summed E-state index contributed by atoms with van der Waals surface area (Å²) < 4.78 is 33.9. The number of ether oxygens (including phenoxy) is 5. The van der Waals surface area contributed by atoms with Gasteiger partial charge in [0.15, 0.2) is 23.0 Å². The third-order valence-corrected chi connectivity index (χ3v) is 11.3. The van der Waals surface area contributed by atoms with Gasteiger partial charge < -0.3 is 52.9 Å². The number of H-pyrrole nitrogens is 1. The van der Waals surface area contributed by atoms with Crippen molar-refractivity contribution < 1.29 is 38.0 Å². The first-order chi connectivity index (χ1) is 26.8. The van der Waals surface area contributed by atoms with Crippen LogP contribution in [0.2, 0.25) is 0 Å². The second-order valence-electron chi connectivity index (χ2n) is 14.3. The van der Waals surface area contributed by atoms with Gasteiger partial charge in [0.05, 0.1) is 53.1 Å². The first-order valence-electron chi connectivity index (χ1n) is 18.8. The summed E-state index contributed by atoms with van der Waals surface area (Å²) in [6, 6.07) is 21.6. The van der Waals surface area contributed by atoms with Crippen molar-refractivity contribution in [3.8, 4) is 28.7 Å². The third kappa shape index (κ3) is 7.76. The van der Waals surface area contributed by atoms with Crippen molar-refractivity contribution in [2.45, 2.75) is 50.3 Å². The number of para-hydroxylation sites is 2. The van der Waals surface area contributed by atoms with Crippen LogP contribution in [0.5, 0.6) is 28.7 Å². The number of aliphatic hydroxyl groups excluding tert-OH is 1. The van der Waals surface area contributed by atoms with Crippen LogP contribution in [0.3, 0.4) is 0 Å². The number of fused-ring (bicyclic) bond motifs is 1. The predicted molar refractivity (Wildman–Crippen MR) is 209 cm³/mol. The average molecular weight is 754 g/mol. The summed E-state index contributed by atoms with van der Waals surface area (Å²) in [5, 5.41) is 9.62. The van der Waals surface area contributed by atoms with Gasteiger partial charge in [0, 0.05) is 43.2 Å². The molecule has 1 amide bonds. The first-order valence-corrected chi connectivity index (χ1v) is 18.8. The molecule has 0 aliphatic carbocycles. The maximum Gasteiger partial charge on any atom is 0.254 e. The van der Waals surface area contributed by atoms with Gasteiger partial charge in [-0.15, -0.1) is 0 Å². The number of aromatic nitrogens is 2. The molecule has 2 saturated heterocycles. The molecule has 5 aromatic rings. The van der Waals surface area contributed by atoms with Crippen LogP contribution in [-0.2, 0) is 18.6 Å². The van der Waals surface area contributed by atoms with Gasteiger partial charge in [0.1, 0.15) is 18.1 Å². The van der Waals surface area contributed by atoms with Crippen LogP contribution < -0.4 is 28.6 Å². The van der Waals surface area contributed by atoms with Gasteiger partial charge in [0.2, 0.25) is 11.7 Å². The number of furan rings is 1. The molecule has 292 valence electrons. The lowest BCUT2D eigenvalue weighted by Crippen LogP contribution is -2.46. The molecule has 2 fully saturated rings. The molecule has 0 radical (unpaired) electrons. The predicted octanol–water partition coefficient (Wildman–Crippen LogP) is 6.04. The van der Waals surface area contributed by atoms with Crippen molar-refractivity contribution in [2.24, 2.45) is 0 Å². The van der Waals surface area contributed by atoms with Crippen LogP contribution in [0, 0.1) is 0 Å². The fourth-order valence-corrected chi connectivity index (χ4v) is 8.22. The highest BCUT2D eigenvalue weighted by atomic mass is 16.5. The topological polar surface area (TPSA) is 135 Å². The molecular formula is C42H51N5O8. The minimum atomic E-state index is -0.309. The van der Waals surface area contributed by atoms with E-state index in [2.05, 4.69) is 26.9 Å². The lowest BCUT2D eigenvalue weighted by atomic mass is 9.76. The fraction of sp³-hybridized carbons (Fsp3) is 0.429. The van der Waals surface area contributed by atoms with Crippen LogP contribution in [0.4, 0.5) is 5.95 Å². The van der Waals surface area contributed by atoms with Crippen LogP contribution in [0.25, 0.3) is 11.0 Å². The van der Waals surface area contributed by atoms with Crippen LogP contribution in [0.1, 0.15) is 53.1 Å². The summed E-state index contributed by atoms with van der Waals surface area (Å²) in [4.78, 5) is 29.4. The zero-order valence-electron chi connectivity index (χ0n) is 32.3. The lowest BCUT2D eigenvalue weighted by molar-refractivity contribution is 0.0779. The minimum Gasteiger partial charge on any atom is -0.493 e. The van der Waals surface area contributed by atoms with Gasteiger partial charge in [-0.3, -0.25) is 4.79 Å². The average Bonchev–Trinajstić information content (AvgIpc) is 4.00. The van der Waals surface area contributed by atoms with E-state index in [4.69, 9.17) is 33.1 Å². The Morgan fingerprint density at radius 3 is 2.24 bits per heavy atom. The van der Waals surface area contributed by atoms with E-state index in [9.17, 15) is 9.90 Å². The second kappa shape index (κ2) is 16.5. The molecule has 0 bridgehead atoms. The number of amides is 1. The number of imidazole rings is 1. The van der Waals surface area contributed by atoms with E-state index >= 15 is 0 Å². The molecule has 0 spiro atoms. The molecule has 1 unspecified atom stereocenters. The smallest absolute Gasteiger partial charge is 0.254 e. The molecule has 3 aromatic carbocycles. The third-order valence-electron chi connectivity index (χ3n) is 11.3. The summed E-state index contributed by atoms with van der Waals surface area (Å²) in [7, 11) is 7.94. The standard InChI is InChI=1S/C42H51N5O8/c1-50-35-13-10-29(24-36(35)51-2)42(17-21-46(27-42)40(49)28-22-37(52-3)39(54-5)38(23-28)53-4)16-20-45-18-14-30(15-19-45)47(25-31-11-12-32(26-48)55-31)41-43-33-8-6-7-9-34(33)44-41/h6-13,22-24,30,48H,14-21,25-27H2,1-5H3,(H,43,44). The SMILES string of the molecule is COc1ccc(C2(CCN3CCC(N(Cc4ccc(CO)o4)c4nc5ccccc5[nH]4)CC3)CCN(C(=O)c3cc(OC)c(OC)c(OC)c3)C2)cc1OC. The number of anilines is 1. The zero-order valence-corrected chi connectivity index (χ0v) is 32.3. The number of benzene rings is 3. The molecule has 1 atom stereocenters. The Bertz CT molecular complexity index is 2030. The molecule has 4 heterocycles. The van der Waals surface area contributed by atoms with Crippen molar-refractivity contribution in [2.75, 3.05) is 73.2 Å². The zero-order chi connectivity index (χ0) is 38.5. The Morgan fingerprint density at radius 2 is 1.58 bits per heavy atom. The van der Waals surface area contributed by atoms with E-state index in [1.165, 1.54) is 0 Å². The Morgan fingerprint density at radius 1 is 0.873 bits per heavy atom. The number of likely N-dealkylation sites (tertiary alicyclic amines) is 2. The van der Waals surface area contributed by atoms with Crippen LogP contribution >= 0.6 is 0 Å². The molecule has 7 rings (SSSR count). The van der Waals surface area contributed by atoms with Gasteiger partial charge in [-0.2, -0.15) is 0 Å². The fourth-order valence-electron chi connectivity index (χ4n) is 8.22. The molecule has 2 aromatic heterocycles. The van der Waals surface area contributed by atoms with Crippen LogP contribution in [0.15, 0.2) is 71.1 Å². The summed E-state index contributed by atoms with van der Waals surface area (Å²) in [6.45, 7) is 4.26. The number of methoxy groups -OCH3 is 5. The normalized spacial score (nSPS) is 17.7. The Hall–Kier alpha value is -5.40. The number of nitrogens with one attached hydrogen (secondary N) is 1. The summed E-state index contributed by atoms with van der Waals surface area (Å²) in [5.41, 5.74) is 3.21. The van der Waals surface area contributed by atoms with Crippen LogP contribution in [-0.4, -0.2) is 105 Å². The van der Waals surface area contributed by atoms with Crippen molar-refractivity contribution in [1.82, 2.24) is 19.8 Å². The number of hydrogen-bond donors (Lipinski definition) is 2. The summed E-state index contributed by atoms with van der Waals surface area (Å²) in [6.07, 6.45) is 3.54. The molecular weight excluding hydrogens is 702 g/mol. The van der Waals surface area contributed by atoms with E-state index in [1.807, 2.05) is 47.4 Å². The first kappa shape index (κ1) is 37.9. The van der Waals surface area contributed by atoms with Crippen molar-refractivity contribution in [3.05, 3.63) is 89.4 Å². The Labute approximate surface area is 321 Å². The molecule has 13 nitrogen and oxygen atoms in total. The van der Waals surface area contributed by atoms with Crippen molar-refractivity contribution in [1.29, 1.82) is 0 Å². The molecule has 55 heavy (non-hydrogen) atoms. The van der Waals surface area contributed by atoms with E-state index in [-0.39, 0.29) is 24.0 Å². The van der Waals surface area contributed by atoms with Gasteiger partial charge in [0.25, 0.3) is 5.91 Å². The van der Waals surface area contributed by atoms with E-state index in [1.54, 1.807) is 47.7 Å². The Kier molecular flexibility index (Phi) is 11.4. The Balaban J connectivity index is 1.09. The molecule has 0 saturated carbocycles. The van der Waals surface area contributed by atoms with Gasteiger partial charge in [-0.25, -0.2) is 4.98 Å². The number of carbonyl (C=O) groups excluding carboxylic acids is 1. The van der Waals surface area contributed by atoms with E-state index < -0.39 is 0 Å².